The zero-order chi connectivity index (χ0) is 20.0. The molecule has 0 spiro atoms. The maximum Gasteiger partial charge on any atom is 0.303 e. The van der Waals surface area contributed by atoms with E-state index in [0.29, 0.717) is 0 Å². The normalized spacial score (nSPS) is 11.9. The van der Waals surface area contributed by atoms with E-state index in [0.717, 1.165) is 15.9 Å². The summed E-state index contributed by atoms with van der Waals surface area (Å²) in [5.41, 5.74) is 0. The van der Waals surface area contributed by atoms with Gasteiger partial charge in [0.25, 0.3) is 5.92 Å². The van der Waals surface area contributed by atoms with Crippen LogP contribution >= 0.6 is 7.26 Å². The van der Waals surface area contributed by atoms with Crippen LogP contribution in [0.5, 0.6) is 0 Å². The van der Waals surface area contributed by atoms with Crippen molar-refractivity contribution < 1.29 is 18.7 Å². The van der Waals surface area contributed by atoms with Gasteiger partial charge in [-0.05, 0) is 36.4 Å². The maximum atomic E-state index is 15.1. The molecule has 0 bridgehead atoms. The third-order valence-corrected chi connectivity index (χ3v) is 9.24. The number of aliphatic carboxylic acids is 1. The molecule has 0 aliphatic heterocycles. The van der Waals surface area contributed by atoms with E-state index < -0.39 is 38.2 Å². The Balaban J connectivity index is 2.21. The smallest absolute Gasteiger partial charge is 0.303 e. The first-order valence-electron chi connectivity index (χ1n) is 9.09. The van der Waals surface area contributed by atoms with Crippen LogP contribution in [0.15, 0.2) is 91.0 Å². The van der Waals surface area contributed by atoms with Gasteiger partial charge in [0.05, 0.1) is 6.42 Å². The van der Waals surface area contributed by atoms with E-state index in [1.807, 2.05) is 91.0 Å². The largest absolute Gasteiger partial charge is 0.481 e. The second-order valence-electron chi connectivity index (χ2n) is 6.72. The van der Waals surface area contributed by atoms with Gasteiger partial charge >= 0.3 is 5.97 Å². The van der Waals surface area contributed by atoms with Crippen molar-refractivity contribution in [2.45, 2.75) is 18.8 Å². The summed E-state index contributed by atoms with van der Waals surface area (Å²) in [5.74, 6) is -4.31. The summed E-state index contributed by atoms with van der Waals surface area (Å²) in [4.78, 5) is 10.9. The first kappa shape index (κ1) is 20.2. The Morgan fingerprint density at radius 2 is 1.11 bits per heavy atom. The van der Waals surface area contributed by atoms with Gasteiger partial charge in [-0.2, -0.15) is 0 Å². The fraction of sp³-hybridized carbons (Fsp3) is 0.174. The molecule has 0 fully saturated rings. The number of carboxylic acid groups (broad SMARTS) is 1. The number of alkyl halides is 2. The van der Waals surface area contributed by atoms with Gasteiger partial charge < -0.3 is 5.11 Å². The lowest BCUT2D eigenvalue weighted by Crippen LogP contribution is -2.39. The predicted octanol–water partition coefficient (Wildman–Crippen LogP) is 4.48. The van der Waals surface area contributed by atoms with Gasteiger partial charge in [0.1, 0.15) is 29.3 Å². The zero-order valence-corrected chi connectivity index (χ0v) is 16.2. The highest BCUT2D eigenvalue weighted by Gasteiger charge is 2.53. The molecule has 144 valence electrons. The summed E-state index contributed by atoms with van der Waals surface area (Å²) < 4.78 is 30.2. The van der Waals surface area contributed by atoms with E-state index in [4.69, 9.17) is 5.11 Å². The van der Waals surface area contributed by atoms with Gasteiger partial charge in [-0.1, -0.05) is 54.6 Å². The highest BCUT2D eigenvalue weighted by Crippen LogP contribution is 2.58. The molecule has 1 N–H and O–H groups in total. The fourth-order valence-corrected chi connectivity index (χ4v) is 7.82. The average molecular weight is 399 g/mol. The maximum absolute atomic E-state index is 15.1. The zero-order valence-electron chi connectivity index (χ0n) is 15.3. The second-order valence-corrected chi connectivity index (χ2v) is 10.2. The highest BCUT2D eigenvalue weighted by atomic mass is 31.2. The van der Waals surface area contributed by atoms with E-state index in [9.17, 15) is 4.79 Å². The number of halogens is 2. The molecule has 0 saturated heterocycles. The third-order valence-electron chi connectivity index (χ3n) is 4.76. The van der Waals surface area contributed by atoms with Crippen molar-refractivity contribution in [1.29, 1.82) is 0 Å². The van der Waals surface area contributed by atoms with Crippen LogP contribution in [0.4, 0.5) is 8.78 Å². The minimum absolute atomic E-state index is 0.398. The van der Waals surface area contributed by atoms with Gasteiger partial charge in [0.2, 0.25) is 0 Å². The number of carbonyl (C=O) groups is 1. The summed E-state index contributed by atoms with van der Waals surface area (Å²) in [7, 11) is -2.68. The number of hydrogen-bond acceptors (Lipinski definition) is 1. The molecule has 0 aromatic heterocycles. The topological polar surface area (TPSA) is 37.3 Å². The molecule has 3 aromatic carbocycles. The van der Waals surface area contributed by atoms with E-state index in [2.05, 4.69) is 0 Å². The van der Waals surface area contributed by atoms with Crippen LogP contribution in [-0.4, -0.2) is 23.2 Å². The van der Waals surface area contributed by atoms with E-state index in [-0.39, 0.29) is 0 Å². The summed E-state index contributed by atoms with van der Waals surface area (Å²) in [6, 6.07) is 28.2. The summed E-state index contributed by atoms with van der Waals surface area (Å²) >= 11 is 0. The number of benzene rings is 3. The average Bonchev–Trinajstić information content (AvgIpc) is 2.73. The van der Waals surface area contributed by atoms with Crippen LogP contribution in [-0.2, 0) is 4.79 Å². The third kappa shape index (κ3) is 4.45. The van der Waals surface area contributed by atoms with E-state index >= 15 is 8.78 Å². The molecule has 0 aliphatic rings. The molecule has 2 nitrogen and oxygen atoms in total. The van der Waals surface area contributed by atoms with Crippen molar-refractivity contribution in [2.75, 3.05) is 6.16 Å². The summed E-state index contributed by atoms with van der Waals surface area (Å²) in [5, 5.41) is 11.5. The monoisotopic (exact) mass is 399 g/mol. The van der Waals surface area contributed by atoms with Crippen molar-refractivity contribution in [3.63, 3.8) is 0 Å². The molecule has 0 heterocycles. The van der Waals surface area contributed by atoms with Crippen LogP contribution in [0.3, 0.4) is 0 Å². The van der Waals surface area contributed by atoms with Crippen LogP contribution in [0, 0.1) is 0 Å². The van der Waals surface area contributed by atoms with Crippen molar-refractivity contribution in [2.24, 2.45) is 0 Å². The van der Waals surface area contributed by atoms with Crippen molar-refractivity contribution in [3.05, 3.63) is 91.0 Å². The Morgan fingerprint density at radius 3 is 1.43 bits per heavy atom. The van der Waals surface area contributed by atoms with Gasteiger partial charge in [-0.15, -0.1) is 0 Å². The van der Waals surface area contributed by atoms with Crippen molar-refractivity contribution in [3.8, 4) is 0 Å². The fourth-order valence-electron chi connectivity index (χ4n) is 3.48. The molecule has 0 amide bonds. The van der Waals surface area contributed by atoms with Crippen molar-refractivity contribution in [1.82, 2.24) is 0 Å². The quantitative estimate of drug-likeness (QED) is 0.567. The molecule has 5 heteroatoms. The van der Waals surface area contributed by atoms with Crippen LogP contribution < -0.4 is 15.9 Å². The Hall–Kier alpha value is -2.58. The first-order valence-corrected chi connectivity index (χ1v) is 11.1. The minimum Gasteiger partial charge on any atom is -0.481 e. The Bertz CT molecular complexity index is 803. The first-order chi connectivity index (χ1) is 13.4. The summed E-state index contributed by atoms with van der Waals surface area (Å²) in [6.07, 6.45) is -1.62. The van der Waals surface area contributed by atoms with E-state index in [1.165, 1.54) is 0 Å². The molecule has 0 aliphatic carbocycles. The van der Waals surface area contributed by atoms with Crippen molar-refractivity contribution >= 4 is 29.1 Å². The van der Waals surface area contributed by atoms with E-state index in [1.54, 1.807) is 0 Å². The van der Waals surface area contributed by atoms with Gasteiger partial charge in [0, 0.05) is 6.42 Å². The van der Waals surface area contributed by atoms with Gasteiger partial charge in [-0.3, -0.25) is 4.79 Å². The molecule has 3 aromatic rings. The van der Waals surface area contributed by atoms with Crippen LogP contribution in [0.2, 0.25) is 0 Å². The van der Waals surface area contributed by atoms with Crippen LogP contribution in [0.1, 0.15) is 12.8 Å². The highest BCUT2D eigenvalue weighted by molar-refractivity contribution is 7.95. The predicted molar refractivity (Wildman–Crippen MR) is 112 cm³/mol. The molecule has 3 rings (SSSR count). The standard InChI is InChI=1S/C23H21F2O2P/c24-23(25,17-16-22(26)27)18-28(19-10-4-1-5-11-19,20-12-6-2-7-13-20)21-14-8-3-9-15-21/h1-15H,16-18H2/p+1. The molecular formula is C23H22F2O2P+. The molecule has 0 atom stereocenters. The number of hydrogen-bond donors (Lipinski definition) is 1. The van der Waals surface area contributed by atoms with Gasteiger partial charge in [-0.25, -0.2) is 8.78 Å². The lowest BCUT2D eigenvalue weighted by atomic mass is 10.2. The summed E-state index contributed by atoms with van der Waals surface area (Å²) in [6.45, 7) is 0. The minimum atomic E-state index is -3.10. The Morgan fingerprint density at radius 1 is 0.750 bits per heavy atom. The SMILES string of the molecule is O=C(O)CCC(F)(F)C[P+](c1ccccc1)(c1ccccc1)c1ccccc1. The Labute approximate surface area is 164 Å². The Kier molecular flexibility index (Phi) is 6.21. The molecule has 0 radical (unpaired) electrons. The molecular weight excluding hydrogens is 377 g/mol. The molecule has 0 unspecified atom stereocenters. The van der Waals surface area contributed by atoms with Gasteiger partial charge in [0.15, 0.2) is 0 Å². The second kappa shape index (κ2) is 8.62. The lowest BCUT2D eigenvalue weighted by molar-refractivity contribution is -0.138. The molecule has 28 heavy (non-hydrogen) atoms. The number of rotatable bonds is 8. The number of carboxylic acids is 1. The lowest BCUT2D eigenvalue weighted by Gasteiger charge is -2.30. The van der Waals surface area contributed by atoms with Crippen LogP contribution in [0.25, 0.3) is 0 Å². The molecule has 0 saturated carbocycles.